The van der Waals surface area contributed by atoms with E-state index in [4.69, 9.17) is 22.9 Å². The molecule has 10 nitrogen and oxygen atoms in total. The lowest BCUT2D eigenvalue weighted by atomic mass is 9.84. The Bertz CT molecular complexity index is 908. The first-order valence-corrected chi connectivity index (χ1v) is 12.6. The molecule has 0 spiro atoms. The first-order chi connectivity index (χ1) is 16.7. The topological polar surface area (TPSA) is 183 Å². The second-order valence-corrected chi connectivity index (χ2v) is 9.84. The summed E-state index contributed by atoms with van der Waals surface area (Å²) in [6.07, 6.45) is 7.90. The van der Waals surface area contributed by atoms with Gasteiger partial charge in [0, 0.05) is 13.1 Å². The molecule has 0 unspecified atom stereocenters. The molecule has 9 N–H and O–H groups in total. The molecule has 35 heavy (non-hydrogen) atoms. The molecule has 3 atom stereocenters. The van der Waals surface area contributed by atoms with Crippen LogP contribution >= 0.6 is 0 Å². The number of piperidine rings is 1. The molecule has 2 fully saturated rings. The van der Waals surface area contributed by atoms with Crippen LogP contribution in [0.2, 0.25) is 0 Å². The molecule has 0 bridgehead atoms. The number of likely N-dealkylation sites (tertiary alicyclic amines) is 1. The maximum absolute atomic E-state index is 13.5. The molecule has 1 aliphatic carbocycles. The van der Waals surface area contributed by atoms with Crippen LogP contribution in [0.25, 0.3) is 0 Å². The summed E-state index contributed by atoms with van der Waals surface area (Å²) in [5.74, 6) is -0.891. The molecular formula is C25H39N7O3. The second-order valence-electron chi connectivity index (χ2n) is 9.84. The quantitative estimate of drug-likeness (QED) is 0.252. The Labute approximate surface area is 206 Å². The largest absolute Gasteiger partial charge is 0.370 e. The van der Waals surface area contributed by atoms with Gasteiger partial charge in [-0.25, -0.2) is 4.99 Å². The normalized spacial score (nSPS) is 20.5. The van der Waals surface area contributed by atoms with Crippen molar-refractivity contribution in [1.82, 2.24) is 10.2 Å². The summed E-state index contributed by atoms with van der Waals surface area (Å²) < 4.78 is 0. The van der Waals surface area contributed by atoms with Gasteiger partial charge < -0.3 is 33.2 Å². The van der Waals surface area contributed by atoms with E-state index in [1.165, 1.54) is 6.42 Å². The van der Waals surface area contributed by atoms with Gasteiger partial charge in [0.15, 0.2) is 5.96 Å². The Balaban J connectivity index is 1.66. The molecule has 0 radical (unpaired) electrons. The number of nitrogens with two attached hydrogens (primary N) is 4. The summed E-state index contributed by atoms with van der Waals surface area (Å²) in [4.78, 5) is 43.9. The highest BCUT2D eigenvalue weighted by Gasteiger charge is 2.34. The zero-order valence-electron chi connectivity index (χ0n) is 20.3. The molecule has 192 valence electrons. The van der Waals surface area contributed by atoms with Crippen molar-refractivity contribution in [2.24, 2.45) is 39.8 Å². The third kappa shape index (κ3) is 7.95. The molecule has 1 saturated carbocycles. The minimum absolute atomic E-state index is 0.0293. The van der Waals surface area contributed by atoms with E-state index < -0.39 is 12.1 Å². The van der Waals surface area contributed by atoms with Gasteiger partial charge in [0.1, 0.15) is 6.04 Å². The van der Waals surface area contributed by atoms with Gasteiger partial charge >= 0.3 is 0 Å². The molecule has 1 aliphatic heterocycles. The van der Waals surface area contributed by atoms with Crippen molar-refractivity contribution in [3.05, 3.63) is 29.8 Å². The number of nitrogens with zero attached hydrogens (tertiary/aromatic N) is 2. The fourth-order valence-corrected chi connectivity index (χ4v) is 5.09. The molecule has 3 rings (SSSR count). The maximum atomic E-state index is 13.5. The van der Waals surface area contributed by atoms with Gasteiger partial charge in [-0.1, -0.05) is 44.2 Å². The van der Waals surface area contributed by atoms with Crippen molar-refractivity contribution < 1.29 is 14.4 Å². The first kappa shape index (κ1) is 26.5. The average molecular weight is 486 g/mol. The van der Waals surface area contributed by atoms with Crippen LogP contribution in [0.3, 0.4) is 0 Å². The predicted octanol–water partition coefficient (Wildman–Crippen LogP) is 0.640. The van der Waals surface area contributed by atoms with E-state index >= 15 is 0 Å². The SMILES string of the molecule is NC(=O)[C@@H]1CCCN(C(=O)[C@H](CC2CCCCC2)NC(=O)[C@@H](N)Cc2ccc(N=C(N)N)cc2)C1. The predicted molar refractivity (Wildman–Crippen MR) is 135 cm³/mol. The van der Waals surface area contributed by atoms with E-state index in [0.29, 0.717) is 44.0 Å². The van der Waals surface area contributed by atoms with E-state index in [2.05, 4.69) is 10.3 Å². The zero-order valence-corrected chi connectivity index (χ0v) is 20.3. The van der Waals surface area contributed by atoms with Crippen molar-refractivity contribution in [3.63, 3.8) is 0 Å². The molecule has 3 amide bonds. The fourth-order valence-electron chi connectivity index (χ4n) is 5.09. The first-order valence-electron chi connectivity index (χ1n) is 12.6. The minimum atomic E-state index is -0.815. The number of aliphatic imine (C=N–C) groups is 1. The summed E-state index contributed by atoms with van der Waals surface area (Å²) in [6.45, 7) is 0.868. The van der Waals surface area contributed by atoms with Gasteiger partial charge in [-0.05, 0) is 49.3 Å². The van der Waals surface area contributed by atoms with E-state index in [0.717, 1.165) is 37.7 Å². The summed E-state index contributed by atoms with van der Waals surface area (Å²) in [6, 6.07) is 5.66. The fraction of sp³-hybridized carbons (Fsp3) is 0.600. The summed E-state index contributed by atoms with van der Waals surface area (Å²) in [5.41, 5.74) is 24.0. The number of primary amides is 1. The highest BCUT2D eigenvalue weighted by atomic mass is 16.2. The third-order valence-electron chi connectivity index (χ3n) is 7.03. The monoisotopic (exact) mass is 485 g/mol. The lowest BCUT2D eigenvalue weighted by Crippen LogP contribution is -2.55. The van der Waals surface area contributed by atoms with Crippen LogP contribution in [-0.2, 0) is 20.8 Å². The number of carbonyl (C=O) groups excluding carboxylic acids is 3. The van der Waals surface area contributed by atoms with Gasteiger partial charge in [0.05, 0.1) is 17.6 Å². The van der Waals surface area contributed by atoms with Gasteiger partial charge in [0.2, 0.25) is 17.7 Å². The van der Waals surface area contributed by atoms with Crippen molar-refractivity contribution in [2.75, 3.05) is 13.1 Å². The Morgan fingerprint density at radius 2 is 1.69 bits per heavy atom. The lowest BCUT2D eigenvalue weighted by Gasteiger charge is -2.35. The molecule has 1 aromatic carbocycles. The Hall–Kier alpha value is -3.14. The molecule has 10 heteroatoms. The number of rotatable bonds is 9. The standard InChI is InChI=1S/C25H39N7O3/c26-20(13-17-8-10-19(11-9-17)30-25(28)29)23(34)31-21(14-16-5-2-1-3-6-16)24(35)32-12-4-7-18(15-32)22(27)33/h8-11,16,18,20-21H,1-7,12-15,26H2,(H2,27,33)(H,31,34)(H4,28,29,30)/t18-,20+,21+/m1/s1. The lowest BCUT2D eigenvalue weighted by molar-refractivity contribution is -0.140. The summed E-state index contributed by atoms with van der Waals surface area (Å²) >= 11 is 0. The van der Waals surface area contributed by atoms with Crippen LogP contribution in [0.15, 0.2) is 29.3 Å². The van der Waals surface area contributed by atoms with Crippen LogP contribution in [0.5, 0.6) is 0 Å². The summed E-state index contributed by atoms with van der Waals surface area (Å²) in [5, 5.41) is 2.94. The Morgan fingerprint density at radius 3 is 2.31 bits per heavy atom. The smallest absolute Gasteiger partial charge is 0.245 e. The van der Waals surface area contributed by atoms with Crippen molar-refractivity contribution in [1.29, 1.82) is 0 Å². The number of hydrogen-bond donors (Lipinski definition) is 5. The number of amides is 3. The van der Waals surface area contributed by atoms with Gasteiger partial charge in [-0.15, -0.1) is 0 Å². The van der Waals surface area contributed by atoms with E-state index in [-0.39, 0.29) is 29.6 Å². The number of nitrogens with one attached hydrogen (secondary N) is 1. The molecule has 0 aromatic heterocycles. The van der Waals surface area contributed by atoms with E-state index in [1.54, 1.807) is 17.0 Å². The van der Waals surface area contributed by atoms with Crippen molar-refractivity contribution >= 4 is 29.4 Å². The minimum Gasteiger partial charge on any atom is -0.370 e. The molecule has 1 saturated heterocycles. The van der Waals surface area contributed by atoms with Crippen molar-refractivity contribution in [3.8, 4) is 0 Å². The van der Waals surface area contributed by atoms with E-state index in [1.807, 2.05) is 12.1 Å². The number of guanidine groups is 1. The van der Waals surface area contributed by atoms with Crippen LogP contribution in [0, 0.1) is 11.8 Å². The van der Waals surface area contributed by atoms with Gasteiger partial charge in [-0.3, -0.25) is 14.4 Å². The highest BCUT2D eigenvalue weighted by Crippen LogP contribution is 2.28. The van der Waals surface area contributed by atoms with Crippen LogP contribution in [0.1, 0.15) is 56.9 Å². The summed E-state index contributed by atoms with van der Waals surface area (Å²) in [7, 11) is 0. The van der Waals surface area contributed by atoms with Gasteiger partial charge in [0.25, 0.3) is 0 Å². The molecule has 1 heterocycles. The molecule has 2 aliphatic rings. The Kier molecular flexibility index (Phi) is 9.47. The van der Waals surface area contributed by atoms with E-state index in [9.17, 15) is 14.4 Å². The number of hydrogen-bond acceptors (Lipinski definition) is 5. The van der Waals surface area contributed by atoms with Crippen LogP contribution in [0.4, 0.5) is 5.69 Å². The van der Waals surface area contributed by atoms with Crippen LogP contribution < -0.4 is 28.3 Å². The molecular weight excluding hydrogens is 446 g/mol. The number of carbonyl (C=O) groups is 3. The average Bonchev–Trinajstić information content (AvgIpc) is 2.84. The molecule has 1 aromatic rings. The number of benzene rings is 1. The van der Waals surface area contributed by atoms with Crippen molar-refractivity contribution in [2.45, 2.75) is 69.9 Å². The maximum Gasteiger partial charge on any atom is 0.245 e. The Morgan fingerprint density at radius 1 is 1.00 bits per heavy atom. The third-order valence-corrected chi connectivity index (χ3v) is 7.03. The second kappa shape index (κ2) is 12.5. The zero-order chi connectivity index (χ0) is 25.4. The van der Waals surface area contributed by atoms with Gasteiger partial charge in [-0.2, -0.15) is 0 Å². The highest BCUT2D eigenvalue weighted by molar-refractivity contribution is 5.90. The van der Waals surface area contributed by atoms with Crippen LogP contribution in [-0.4, -0.2) is 53.8 Å².